The van der Waals surface area contributed by atoms with Gasteiger partial charge in [-0.25, -0.2) is 18.4 Å². The van der Waals surface area contributed by atoms with Gasteiger partial charge >= 0.3 is 0 Å². The molecule has 0 amide bonds. The molecule has 4 nitrogen and oxygen atoms in total. The number of aromatic nitrogens is 3. The molecule has 1 aromatic carbocycles. The van der Waals surface area contributed by atoms with E-state index in [1.807, 2.05) is 4.68 Å². The Morgan fingerprint density at radius 2 is 2.00 bits per heavy atom. The highest BCUT2D eigenvalue weighted by atomic mass is 32.2. The predicted octanol–water partition coefficient (Wildman–Crippen LogP) is 3.32. The van der Waals surface area contributed by atoms with Crippen molar-refractivity contribution in [3.05, 3.63) is 47.0 Å². The number of hydrogen-bond acceptors (Lipinski definition) is 4. The van der Waals surface area contributed by atoms with Gasteiger partial charge < -0.3 is 4.90 Å². The molecule has 7 heteroatoms. The molecule has 2 heterocycles. The van der Waals surface area contributed by atoms with Crippen molar-refractivity contribution in [2.75, 3.05) is 32.1 Å². The fourth-order valence-corrected chi connectivity index (χ4v) is 3.58. The molecule has 3 rings (SSSR count). The average molecular weight is 366 g/mol. The minimum Gasteiger partial charge on any atom is -0.306 e. The SMILES string of the molecule is CSCCc1nc(Cc2ccc(F)cc2F)n(C2CCN(C)CC2)n1. The summed E-state index contributed by atoms with van der Waals surface area (Å²) in [5.74, 6) is 1.46. The van der Waals surface area contributed by atoms with Crippen LogP contribution in [-0.4, -0.2) is 51.8 Å². The van der Waals surface area contributed by atoms with Crippen LogP contribution in [0, 0.1) is 11.6 Å². The van der Waals surface area contributed by atoms with Crippen LogP contribution in [-0.2, 0) is 12.8 Å². The molecule has 0 bridgehead atoms. The second-order valence-corrected chi connectivity index (χ2v) is 7.56. The molecule has 136 valence electrons. The van der Waals surface area contributed by atoms with Gasteiger partial charge in [-0.05, 0) is 50.9 Å². The molecule has 0 atom stereocenters. The molecule has 1 saturated heterocycles. The van der Waals surface area contributed by atoms with Crippen LogP contribution in [0.25, 0.3) is 0 Å². The Morgan fingerprint density at radius 3 is 2.68 bits per heavy atom. The normalized spacial score (nSPS) is 16.5. The Balaban J connectivity index is 1.86. The molecular weight excluding hydrogens is 342 g/mol. The van der Waals surface area contributed by atoms with E-state index < -0.39 is 11.6 Å². The maximum absolute atomic E-state index is 14.1. The molecule has 1 aliphatic heterocycles. The third-order valence-electron chi connectivity index (χ3n) is 4.67. The number of halogens is 2. The van der Waals surface area contributed by atoms with E-state index in [0.29, 0.717) is 18.0 Å². The smallest absolute Gasteiger partial charge is 0.151 e. The van der Waals surface area contributed by atoms with Gasteiger partial charge in [0.15, 0.2) is 5.82 Å². The van der Waals surface area contributed by atoms with Crippen LogP contribution in [0.5, 0.6) is 0 Å². The van der Waals surface area contributed by atoms with Crippen LogP contribution < -0.4 is 0 Å². The van der Waals surface area contributed by atoms with E-state index in [-0.39, 0.29) is 0 Å². The molecule has 0 unspecified atom stereocenters. The number of likely N-dealkylation sites (tertiary alicyclic amines) is 1. The van der Waals surface area contributed by atoms with Gasteiger partial charge in [-0.2, -0.15) is 16.9 Å². The van der Waals surface area contributed by atoms with Crippen molar-refractivity contribution >= 4 is 11.8 Å². The summed E-state index contributed by atoms with van der Waals surface area (Å²) in [6.45, 7) is 2.05. The van der Waals surface area contributed by atoms with Crippen molar-refractivity contribution in [3.8, 4) is 0 Å². The van der Waals surface area contributed by atoms with Crippen LogP contribution >= 0.6 is 11.8 Å². The molecule has 1 aromatic heterocycles. The Kier molecular flexibility index (Phi) is 6.06. The molecule has 1 aliphatic rings. The summed E-state index contributed by atoms with van der Waals surface area (Å²) in [6.07, 6.45) is 5.23. The lowest BCUT2D eigenvalue weighted by Gasteiger charge is -2.29. The van der Waals surface area contributed by atoms with Gasteiger partial charge in [0.25, 0.3) is 0 Å². The molecule has 0 spiro atoms. The third-order valence-corrected chi connectivity index (χ3v) is 5.29. The molecule has 0 aliphatic carbocycles. The second-order valence-electron chi connectivity index (χ2n) is 6.58. The van der Waals surface area contributed by atoms with Crippen LogP contribution in [0.1, 0.15) is 36.1 Å². The number of rotatable bonds is 6. The summed E-state index contributed by atoms with van der Waals surface area (Å²) in [6, 6.07) is 4.02. The largest absolute Gasteiger partial charge is 0.306 e. The van der Waals surface area contributed by atoms with Gasteiger partial charge in [0.05, 0.1) is 6.04 Å². The van der Waals surface area contributed by atoms with Gasteiger partial charge in [0.1, 0.15) is 17.5 Å². The summed E-state index contributed by atoms with van der Waals surface area (Å²) in [5, 5.41) is 4.72. The van der Waals surface area contributed by atoms with Crippen molar-refractivity contribution in [3.63, 3.8) is 0 Å². The Labute approximate surface area is 151 Å². The zero-order chi connectivity index (χ0) is 17.8. The average Bonchev–Trinajstić information content (AvgIpc) is 2.99. The number of benzene rings is 1. The van der Waals surface area contributed by atoms with Crippen LogP contribution in [0.3, 0.4) is 0 Å². The lowest BCUT2D eigenvalue weighted by molar-refractivity contribution is 0.209. The first-order valence-corrected chi connectivity index (χ1v) is 10.0. The first-order valence-electron chi connectivity index (χ1n) is 8.62. The summed E-state index contributed by atoms with van der Waals surface area (Å²) < 4.78 is 29.2. The number of hydrogen-bond donors (Lipinski definition) is 0. The van der Waals surface area contributed by atoms with Gasteiger partial charge in [-0.15, -0.1) is 0 Å². The Morgan fingerprint density at radius 1 is 1.24 bits per heavy atom. The minimum atomic E-state index is -0.557. The maximum Gasteiger partial charge on any atom is 0.151 e. The highest BCUT2D eigenvalue weighted by Gasteiger charge is 2.23. The van der Waals surface area contributed by atoms with E-state index in [1.165, 1.54) is 12.1 Å². The van der Waals surface area contributed by atoms with E-state index in [4.69, 9.17) is 5.10 Å². The number of aryl methyl sites for hydroxylation is 1. The molecule has 2 aromatic rings. The lowest BCUT2D eigenvalue weighted by Crippen LogP contribution is -2.32. The van der Waals surface area contributed by atoms with Gasteiger partial charge in [-0.1, -0.05) is 6.07 Å². The van der Waals surface area contributed by atoms with E-state index in [0.717, 1.165) is 55.8 Å². The van der Waals surface area contributed by atoms with E-state index in [1.54, 1.807) is 11.8 Å². The Bertz CT molecular complexity index is 711. The number of nitrogens with zero attached hydrogens (tertiary/aromatic N) is 4. The minimum absolute atomic E-state index is 0.297. The van der Waals surface area contributed by atoms with E-state index in [2.05, 4.69) is 23.2 Å². The number of piperidine rings is 1. The zero-order valence-electron chi connectivity index (χ0n) is 14.7. The fourth-order valence-electron chi connectivity index (χ4n) is 3.19. The van der Waals surface area contributed by atoms with Crippen molar-refractivity contribution < 1.29 is 8.78 Å². The van der Waals surface area contributed by atoms with Crippen LogP contribution in [0.15, 0.2) is 18.2 Å². The van der Waals surface area contributed by atoms with E-state index >= 15 is 0 Å². The summed E-state index contributed by atoms with van der Waals surface area (Å²) in [7, 11) is 2.12. The molecule has 0 N–H and O–H groups in total. The number of thioether (sulfide) groups is 1. The first kappa shape index (κ1) is 18.3. The van der Waals surface area contributed by atoms with Gasteiger partial charge in [-0.3, -0.25) is 0 Å². The van der Waals surface area contributed by atoms with E-state index in [9.17, 15) is 8.78 Å². The lowest BCUT2D eigenvalue weighted by atomic mass is 10.1. The van der Waals surface area contributed by atoms with Crippen LogP contribution in [0.4, 0.5) is 8.78 Å². The summed E-state index contributed by atoms with van der Waals surface area (Å²) >= 11 is 1.76. The maximum atomic E-state index is 14.1. The molecule has 0 saturated carbocycles. The Hall–Kier alpha value is -1.47. The van der Waals surface area contributed by atoms with Crippen molar-refractivity contribution in [2.45, 2.75) is 31.7 Å². The standard InChI is InChI=1S/C18H24F2N4S/c1-23-8-5-15(6-9-23)24-18(21-17(22-24)7-10-25-2)11-13-3-4-14(19)12-16(13)20/h3-4,12,15H,5-11H2,1-2H3. The second kappa shape index (κ2) is 8.27. The zero-order valence-corrected chi connectivity index (χ0v) is 15.5. The highest BCUT2D eigenvalue weighted by Crippen LogP contribution is 2.24. The molecular formula is C18H24F2N4S. The highest BCUT2D eigenvalue weighted by molar-refractivity contribution is 7.98. The summed E-state index contributed by atoms with van der Waals surface area (Å²) in [5.41, 5.74) is 0.458. The van der Waals surface area contributed by atoms with Gasteiger partial charge in [0.2, 0.25) is 0 Å². The van der Waals surface area contributed by atoms with Gasteiger partial charge in [0, 0.05) is 24.7 Å². The molecule has 0 radical (unpaired) electrons. The topological polar surface area (TPSA) is 34.0 Å². The monoisotopic (exact) mass is 366 g/mol. The quantitative estimate of drug-likeness (QED) is 0.785. The fraction of sp³-hybridized carbons (Fsp3) is 0.556. The molecule has 1 fully saturated rings. The third kappa shape index (κ3) is 4.58. The van der Waals surface area contributed by atoms with Crippen LogP contribution in [0.2, 0.25) is 0 Å². The predicted molar refractivity (Wildman–Crippen MR) is 97.0 cm³/mol. The molecule has 25 heavy (non-hydrogen) atoms. The van der Waals surface area contributed by atoms with Crippen molar-refractivity contribution in [1.82, 2.24) is 19.7 Å². The summed E-state index contributed by atoms with van der Waals surface area (Å²) in [4.78, 5) is 6.97. The van der Waals surface area contributed by atoms with Crippen molar-refractivity contribution in [1.29, 1.82) is 0 Å². The van der Waals surface area contributed by atoms with Crippen molar-refractivity contribution in [2.24, 2.45) is 0 Å². The first-order chi connectivity index (χ1) is 12.1.